The predicted octanol–water partition coefficient (Wildman–Crippen LogP) is 1.99. The fourth-order valence-electron chi connectivity index (χ4n) is 1.35. The van der Waals surface area contributed by atoms with E-state index >= 15 is 0 Å². The van der Waals surface area contributed by atoms with Crippen LogP contribution in [0.4, 0.5) is 5.69 Å². The quantitative estimate of drug-likeness (QED) is 0.668. The summed E-state index contributed by atoms with van der Waals surface area (Å²) in [7, 11) is 0. The molecular formula is C11H11BrN4O2. The minimum Gasteiger partial charge on any atom is -0.460 e. The van der Waals surface area contributed by atoms with Gasteiger partial charge in [-0.1, -0.05) is 0 Å². The molecule has 0 saturated carbocycles. The van der Waals surface area contributed by atoms with Gasteiger partial charge in [-0.25, -0.2) is 9.78 Å². The zero-order chi connectivity index (χ0) is 13.1. The van der Waals surface area contributed by atoms with Gasteiger partial charge in [0.15, 0.2) is 5.82 Å². The van der Waals surface area contributed by atoms with Gasteiger partial charge in [-0.3, -0.25) is 5.10 Å². The molecule has 94 valence electrons. The van der Waals surface area contributed by atoms with Crippen LogP contribution < -0.4 is 5.73 Å². The molecular weight excluding hydrogens is 300 g/mol. The summed E-state index contributed by atoms with van der Waals surface area (Å²) >= 11 is 3.32. The minimum atomic E-state index is -0.522. The second kappa shape index (κ2) is 5.18. The number of nitrogens with zero attached hydrogens (tertiary/aromatic N) is 2. The van der Waals surface area contributed by atoms with Crippen LogP contribution in [0.15, 0.2) is 22.7 Å². The third-order valence-electron chi connectivity index (χ3n) is 2.21. The highest BCUT2D eigenvalue weighted by atomic mass is 79.9. The van der Waals surface area contributed by atoms with Crippen LogP contribution in [-0.4, -0.2) is 27.8 Å². The number of nitrogens with two attached hydrogens (primary N) is 1. The fourth-order valence-corrected chi connectivity index (χ4v) is 1.73. The second-order valence-electron chi connectivity index (χ2n) is 3.46. The molecule has 1 aromatic carbocycles. The van der Waals surface area contributed by atoms with Gasteiger partial charge in [0, 0.05) is 15.7 Å². The first-order valence-electron chi connectivity index (χ1n) is 5.26. The first-order valence-corrected chi connectivity index (χ1v) is 6.06. The number of esters is 1. The highest BCUT2D eigenvalue weighted by Crippen LogP contribution is 2.25. The summed E-state index contributed by atoms with van der Waals surface area (Å²) in [6.45, 7) is 2.02. The van der Waals surface area contributed by atoms with E-state index < -0.39 is 5.97 Å². The summed E-state index contributed by atoms with van der Waals surface area (Å²) < 4.78 is 5.57. The maximum Gasteiger partial charge on any atom is 0.375 e. The van der Waals surface area contributed by atoms with Crippen molar-refractivity contribution >= 4 is 27.6 Å². The number of aromatic amines is 1. The van der Waals surface area contributed by atoms with E-state index in [1.54, 1.807) is 25.1 Å². The number of rotatable bonds is 3. The molecule has 0 bridgehead atoms. The minimum absolute atomic E-state index is 0.0831. The normalized spacial score (nSPS) is 10.3. The molecule has 0 aliphatic heterocycles. The van der Waals surface area contributed by atoms with Crippen LogP contribution in [0.2, 0.25) is 0 Å². The van der Waals surface area contributed by atoms with E-state index in [4.69, 9.17) is 10.5 Å². The number of anilines is 1. The van der Waals surface area contributed by atoms with Crippen molar-refractivity contribution in [1.82, 2.24) is 15.2 Å². The van der Waals surface area contributed by atoms with Crippen molar-refractivity contribution in [3.05, 3.63) is 28.5 Å². The Kier molecular flexibility index (Phi) is 3.61. The van der Waals surface area contributed by atoms with E-state index in [1.807, 2.05) is 0 Å². The third kappa shape index (κ3) is 2.51. The number of nitrogen functional groups attached to an aromatic ring is 1. The maximum absolute atomic E-state index is 11.4. The number of carbonyl (C=O) groups excluding carboxylic acids is 1. The smallest absolute Gasteiger partial charge is 0.375 e. The number of hydrogen-bond acceptors (Lipinski definition) is 5. The Hall–Kier alpha value is -1.89. The van der Waals surface area contributed by atoms with Gasteiger partial charge in [0.25, 0.3) is 0 Å². The lowest BCUT2D eigenvalue weighted by Gasteiger charge is -1.99. The molecule has 1 heterocycles. The van der Waals surface area contributed by atoms with Crippen LogP contribution in [0.25, 0.3) is 11.4 Å². The molecule has 0 radical (unpaired) electrons. The SMILES string of the molecule is CCOC(=O)c1nc(-c2ccc(N)c(Br)c2)n[nH]1. The van der Waals surface area contributed by atoms with Crippen LogP contribution in [0.3, 0.4) is 0 Å². The molecule has 0 aliphatic rings. The second-order valence-corrected chi connectivity index (χ2v) is 4.32. The third-order valence-corrected chi connectivity index (χ3v) is 2.90. The molecule has 0 fully saturated rings. The van der Waals surface area contributed by atoms with Crippen molar-refractivity contribution in [2.45, 2.75) is 6.92 Å². The zero-order valence-electron chi connectivity index (χ0n) is 9.61. The van der Waals surface area contributed by atoms with Crippen molar-refractivity contribution in [2.24, 2.45) is 0 Å². The summed E-state index contributed by atoms with van der Waals surface area (Å²) in [5.41, 5.74) is 7.07. The molecule has 0 aliphatic carbocycles. The molecule has 1 aromatic heterocycles. The van der Waals surface area contributed by atoms with Gasteiger partial charge in [0.1, 0.15) is 0 Å². The van der Waals surface area contributed by atoms with Gasteiger partial charge in [-0.15, -0.1) is 0 Å². The Morgan fingerprint density at radius 1 is 1.56 bits per heavy atom. The molecule has 0 atom stereocenters. The van der Waals surface area contributed by atoms with Crippen molar-refractivity contribution < 1.29 is 9.53 Å². The molecule has 3 N–H and O–H groups in total. The number of nitrogens with one attached hydrogen (secondary N) is 1. The summed E-state index contributed by atoms with van der Waals surface area (Å²) in [5.74, 6) is -0.0238. The van der Waals surface area contributed by atoms with E-state index in [2.05, 4.69) is 31.1 Å². The predicted molar refractivity (Wildman–Crippen MR) is 69.9 cm³/mol. The fraction of sp³-hybridized carbons (Fsp3) is 0.182. The van der Waals surface area contributed by atoms with Crippen LogP contribution in [0, 0.1) is 0 Å². The number of benzene rings is 1. The van der Waals surface area contributed by atoms with Crippen LogP contribution in [-0.2, 0) is 4.74 Å². The number of hydrogen-bond donors (Lipinski definition) is 2. The summed E-state index contributed by atoms with van der Waals surface area (Å²) in [6, 6.07) is 5.30. The molecule has 0 saturated heterocycles. The Labute approximate surface area is 112 Å². The highest BCUT2D eigenvalue weighted by molar-refractivity contribution is 9.10. The van der Waals surface area contributed by atoms with E-state index in [0.29, 0.717) is 18.1 Å². The highest BCUT2D eigenvalue weighted by Gasteiger charge is 2.14. The largest absolute Gasteiger partial charge is 0.460 e. The number of ether oxygens (including phenoxy) is 1. The lowest BCUT2D eigenvalue weighted by Crippen LogP contribution is -2.06. The van der Waals surface area contributed by atoms with Crippen molar-refractivity contribution in [3.63, 3.8) is 0 Å². The molecule has 0 spiro atoms. The van der Waals surface area contributed by atoms with Gasteiger partial charge < -0.3 is 10.5 Å². The maximum atomic E-state index is 11.4. The van der Waals surface area contributed by atoms with Gasteiger partial charge in [0.05, 0.1) is 6.61 Å². The average Bonchev–Trinajstić information content (AvgIpc) is 2.82. The number of H-pyrrole nitrogens is 1. The Morgan fingerprint density at radius 3 is 3.00 bits per heavy atom. The first kappa shape index (κ1) is 12.6. The molecule has 7 heteroatoms. The number of halogens is 1. The number of aromatic nitrogens is 3. The monoisotopic (exact) mass is 310 g/mol. The molecule has 2 aromatic rings. The average molecular weight is 311 g/mol. The van der Waals surface area contributed by atoms with Crippen molar-refractivity contribution in [2.75, 3.05) is 12.3 Å². The van der Waals surface area contributed by atoms with Gasteiger partial charge in [-0.2, -0.15) is 5.10 Å². The Balaban J connectivity index is 2.29. The molecule has 18 heavy (non-hydrogen) atoms. The van der Waals surface area contributed by atoms with E-state index in [-0.39, 0.29) is 5.82 Å². The van der Waals surface area contributed by atoms with Gasteiger partial charge in [-0.05, 0) is 41.1 Å². The van der Waals surface area contributed by atoms with Gasteiger partial charge >= 0.3 is 5.97 Å². The molecule has 0 unspecified atom stereocenters. The first-order chi connectivity index (χ1) is 8.61. The summed E-state index contributed by atoms with van der Waals surface area (Å²) in [6.07, 6.45) is 0. The zero-order valence-corrected chi connectivity index (χ0v) is 11.2. The van der Waals surface area contributed by atoms with Crippen molar-refractivity contribution in [3.8, 4) is 11.4 Å². The molecule has 2 rings (SSSR count). The van der Waals surface area contributed by atoms with Gasteiger partial charge in [0.2, 0.25) is 5.82 Å². The topological polar surface area (TPSA) is 93.9 Å². The molecule has 0 amide bonds. The Bertz CT molecular complexity index is 582. The van der Waals surface area contributed by atoms with E-state index in [0.717, 1.165) is 10.0 Å². The van der Waals surface area contributed by atoms with Crippen LogP contribution in [0.5, 0.6) is 0 Å². The lowest BCUT2D eigenvalue weighted by atomic mass is 10.2. The van der Waals surface area contributed by atoms with E-state index in [1.165, 1.54) is 0 Å². The van der Waals surface area contributed by atoms with Crippen LogP contribution >= 0.6 is 15.9 Å². The van der Waals surface area contributed by atoms with E-state index in [9.17, 15) is 4.79 Å². The standard InChI is InChI=1S/C11H11BrN4O2/c1-2-18-11(17)10-14-9(15-16-10)6-3-4-8(13)7(12)5-6/h3-5H,2,13H2,1H3,(H,14,15,16). The molecule has 6 nitrogen and oxygen atoms in total. The summed E-state index contributed by atoms with van der Waals surface area (Å²) in [5, 5.41) is 6.50. The lowest BCUT2D eigenvalue weighted by molar-refractivity contribution is 0.0512. The van der Waals surface area contributed by atoms with Crippen LogP contribution in [0.1, 0.15) is 17.5 Å². The van der Waals surface area contributed by atoms with Crippen molar-refractivity contribution in [1.29, 1.82) is 0 Å². The number of carbonyl (C=O) groups is 1. The Morgan fingerprint density at radius 2 is 2.33 bits per heavy atom. The summed E-state index contributed by atoms with van der Waals surface area (Å²) in [4.78, 5) is 15.5.